The van der Waals surface area contributed by atoms with Gasteiger partial charge < -0.3 is 9.47 Å². The summed E-state index contributed by atoms with van der Waals surface area (Å²) in [5.74, 6) is 1.20. The van der Waals surface area contributed by atoms with Gasteiger partial charge in [0.15, 0.2) is 17.3 Å². The van der Waals surface area contributed by atoms with Crippen molar-refractivity contribution in [3.05, 3.63) is 101 Å². The predicted molar refractivity (Wildman–Crippen MR) is 138 cm³/mol. The zero-order valence-electron chi connectivity index (χ0n) is 19.8. The SMILES string of the molecule is COc1cc2c(cc1OC)C(=O)/C(=C\c1ccc(-c3cn(-c4ccnc5ccccc45)nn3)cc1)C2. The Labute approximate surface area is 207 Å². The summed E-state index contributed by atoms with van der Waals surface area (Å²) >= 11 is 0. The first-order valence-corrected chi connectivity index (χ1v) is 11.5. The van der Waals surface area contributed by atoms with E-state index in [2.05, 4.69) is 15.3 Å². The number of fused-ring (bicyclic) bond motifs is 2. The summed E-state index contributed by atoms with van der Waals surface area (Å²) in [6.07, 6.45) is 6.18. The van der Waals surface area contributed by atoms with Crippen LogP contribution in [0.25, 0.3) is 33.9 Å². The third kappa shape index (κ3) is 3.71. The van der Waals surface area contributed by atoms with E-state index in [0.29, 0.717) is 23.5 Å². The molecule has 0 aliphatic heterocycles. The number of hydrogen-bond donors (Lipinski definition) is 0. The molecule has 36 heavy (non-hydrogen) atoms. The van der Waals surface area contributed by atoms with E-state index in [4.69, 9.17) is 9.47 Å². The van der Waals surface area contributed by atoms with Gasteiger partial charge in [-0.2, -0.15) is 0 Å². The van der Waals surface area contributed by atoms with Gasteiger partial charge >= 0.3 is 0 Å². The van der Waals surface area contributed by atoms with Gasteiger partial charge in [0.2, 0.25) is 0 Å². The van der Waals surface area contributed by atoms with E-state index in [1.807, 2.05) is 72.9 Å². The number of Topliss-reactive ketones (excluding diaryl/α,β-unsaturated/α-hetero) is 1. The van der Waals surface area contributed by atoms with Crippen LogP contribution in [0.3, 0.4) is 0 Å². The number of methoxy groups -OCH3 is 2. The van der Waals surface area contributed by atoms with Gasteiger partial charge in [0.1, 0.15) is 5.69 Å². The second kappa shape index (κ2) is 8.78. The average molecular weight is 475 g/mol. The van der Waals surface area contributed by atoms with E-state index in [9.17, 15) is 4.79 Å². The summed E-state index contributed by atoms with van der Waals surface area (Å²) in [4.78, 5) is 17.4. The second-order valence-electron chi connectivity index (χ2n) is 8.56. The molecule has 0 saturated heterocycles. The molecule has 0 radical (unpaired) electrons. The number of para-hydroxylation sites is 1. The number of benzene rings is 3. The number of allylic oxidation sites excluding steroid dienone is 1. The fourth-order valence-electron chi connectivity index (χ4n) is 4.60. The molecule has 7 heteroatoms. The zero-order chi connectivity index (χ0) is 24.6. The first-order chi connectivity index (χ1) is 17.6. The molecule has 0 spiro atoms. The van der Waals surface area contributed by atoms with Crippen LogP contribution >= 0.6 is 0 Å². The van der Waals surface area contributed by atoms with E-state index >= 15 is 0 Å². The molecule has 7 nitrogen and oxygen atoms in total. The molecule has 176 valence electrons. The van der Waals surface area contributed by atoms with Gasteiger partial charge in [0, 0.05) is 34.7 Å². The van der Waals surface area contributed by atoms with Crippen molar-refractivity contribution in [2.75, 3.05) is 14.2 Å². The van der Waals surface area contributed by atoms with Gasteiger partial charge in [-0.05, 0) is 41.5 Å². The van der Waals surface area contributed by atoms with Crippen molar-refractivity contribution in [2.45, 2.75) is 6.42 Å². The quantitative estimate of drug-likeness (QED) is 0.321. The van der Waals surface area contributed by atoms with Gasteiger partial charge in [-0.1, -0.05) is 47.7 Å². The number of ketones is 1. The molecule has 0 bridgehead atoms. The Morgan fingerprint density at radius 3 is 2.53 bits per heavy atom. The van der Waals surface area contributed by atoms with Crippen molar-refractivity contribution < 1.29 is 14.3 Å². The van der Waals surface area contributed by atoms with Crippen molar-refractivity contribution >= 4 is 22.8 Å². The maximum atomic E-state index is 13.0. The highest BCUT2D eigenvalue weighted by atomic mass is 16.5. The van der Waals surface area contributed by atoms with Gasteiger partial charge in [-0.25, -0.2) is 4.68 Å². The molecule has 5 aromatic rings. The number of pyridine rings is 1. The molecule has 1 aliphatic rings. The van der Waals surface area contributed by atoms with Crippen LogP contribution in [-0.4, -0.2) is 40.0 Å². The summed E-state index contributed by atoms with van der Waals surface area (Å²) in [5.41, 5.74) is 6.83. The van der Waals surface area contributed by atoms with Gasteiger partial charge in [0.25, 0.3) is 0 Å². The predicted octanol–water partition coefficient (Wildman–Crippen LogP) is 5.32. The van der Waals surface area contributed by atoms with E-state index < -0.39 is 0 Å². The number of rotatable bonds is 5. The molecule has 1 aliphatic carbocycles. The van der Waals surface area contributed by atoms with Crippen LogP contribution in [0.5, 0.6) is 11.5 Å². The van der Waals surface area contributed by atoms with E-state index in [1.165, 1.54) is 0 Å². The number of nitrogens with zero attached hydrogens (tertiary/aromatic N) is 4. The van der Waals surface area contributed by atoms with Crippen LogP contribution in [0.1, 0.15) is 21.5 Å². The Kier molecular flexibility index (Phi) is 5.30. The smallest absolute Gasteiger partial charge is 0.189 e. The first kappa shape index (κ1) is 21.7. The van der Waals surface area contributed by atoms with Crippen LogP contribution < -0.4 is 9.47 Å². The van der Waals surface area contributed by atoms with Crippen molar-refractivity contribution in [1.82, 2.24) is 20.0 Å². The van der Waals surface area contributed by atoms with Crippen LogP contribution in [0.4, 0.5) is 0 Å². The largest absolute Gasteiger partial charge is 0.493 e. The Bertz CT molecular complexity index is 1650. The monoisotopic (exact) mass is 474 g/mol. The van der Waals surface area contributed by atoms with Crippen molar-refractivity contribution in [2.24, 2.45) is 0 Å². The highest BCUT2D eigenvalue weighted by Gasteiger charge is 2.27. The van der Waals surface area contributed by atoms with E-state index in [-0.39, 0.29) is 5.78 Å². The fourth-order valence-corrected chi connectivity index (χ4v) is 4.60. The van der Waals surface area contributed by atoms with Crippen LogP contribution in [0.2, 0.25) is 0 Å². The number of carbonyl (C=O) groups excluding carboxylic acids is 1. The van der Waals surface area contributed by atoms with Crippen LogP contribution in [0, 0.1) is 0 Å². The molecule has 2 aromatic heterocycles. The maximum Gasteiger partial charge on any atom is 0.189 e. The second-order valence-corrected chi connectivity index (χ2v) is 8.56. The van der Waals surface area contributed by atoms with Crippen LogP contribution in [-0.2, 0) is 6.42 Å². The topological polar surface area (TPSA) is 79.1 Å². The number of carbonyl (C=O) groups is 1. The molecular formula is C29H22N4O3. The van der Waals surface area contributed by atoms with Crippen molar-refractivity contribution in [3.8, 4) is 28.4 Å². The molecule has 0 saturated carbocycles. The lowest BCUT2D eigenvalue weighted by atomic mass is 10.1. The summed E-state index contributed by atoms with van der Waals surface area (Å²) in [5, 5.41) is 9.73. The Morgan fingerprint density at radius 1 is 0.944 bits per heavy atom. The summed E-state index contributed by atoms with van der Waals surface area (Å²) in [6, 6.07) is 21.5. The normalized spacial score (nSPS) is 13.8. The van der Waals surface area contributed by atoms with Crippen molar-refractivity contribution in [3.63, 3.8) is 0 Å². The molecule has 3 aromatic carbocycles. The molecule has 0 fully saturated rings. The first-order valence-electron chi connectivity index (χ1n) is 11.5. The Balaban J connectivity index is 1.26. The molecular weight excluding hydrogens is 452 g/mol. The molecule has 0 atom stereocenters. The minimum atomic E-state index is 0.0163. The van der Waals surface area contributed by atoms with Crippen LogP contribution in [0.15, 0.2) is 84.7 Å². The zero-order valence-corrected chi connectivity index (χ0v) is 19.8. The van der Waals surface area contributed by atoms with Gasteiger partial charge in [-0.15, -0.1) is 5.10 Å². The highest BCUT2D eigenvalue weighted by molar-refractivity contribution is 6.16. The Hall–Kier alpha value is -4.78. The van der Waals surface area contributed by atoms with E-state index in [0.717, 1.165) is 44.5 Å². The summed E-state index contributed by atoms with van der Waals surface area (Å²) in [6.45, 7) is 0. The lowest BCUT2D eigenvalue weighted by molar-refractivity contribution is 0.104. The Morgan fingerprint density at radius 2 is 1.72 bits per heavy atom. The third-order valence-corrected chi connectivity index (χ3v) is 6.44. The molecule has 6 rings (SSSR count). The average Bonchev–Trinajstić information content (AvgIpc) is 3.53. The number of ether oxygens (including phenoxy) is 2. The molecule has 0 unspecified atom stereocenters. The summed E-state index contributed by atoms with van der Waals surface area (Å²) < 4.78 is 12.5. The van der Waals surface area contributed by atoms with Crippen molar-refractivity contribution in [1.29, 1.82) is 0 Å². The number of hydrogen-bond acceptors (Lipinski definition) is 6. The summed E-state index contributed by atoms with van der Waals surface area (Å²) in [7, 11) is 3.16. The van der Waals surface area contributed by atoms with Gasteiger partial charge in [-0.3, -0.25) is 9.78 Å². The fraction of sp³-hybridized carbons (Fsp3) is 0.103. The molecule has 0 N–H and O–H groups in total. The third-order valence-electron chi connectivity index (χ3n) is 6.44. The lowest BCUT2D eigenvalue weighted by Crippen LogP contribution is -1.97. The number of aromatic nitrogens is 4. The van der Waals surface area contributed by atoms with E-state index in [1.54, 1.807) is 31.2 Å². The maximum absolute atomic E-state index is 13.0. The molecule has 2 heterocycles. The minimum absolute atomic E-state index is 0.0163. The lowest BCUT2D eigenvalue weighted by Gasteiger charge is -2.08. The molecule has 0 amide bonds. The standard InChI is InChI=1S/C29H22N4O3/c1-35-27-15-20-14-21(29(34)23(20)16-28(27)36-2)13-18-7-9-19(10-8-18)25-17-33(32-31-25)26-11-12-30-24-6-4-3-5-22(24)26/h3-13,15-17H,14H2,1-2H3/b21-13-. The highest BCUT2D eigenvalue weighted by Crippen LogP contribution is 2.37. The van der Waals surface area contributed by atoms with Gasteiger partial charge in [0.05, 0.1) is 31.6 Å². The minimum Gasteiger partial charge on any atom is -0.493 e.